The lowest BCUT2D eigenvalue weighted by Crippen LogP contribution is -2.57. The van der Waals surface area contributed by atoms with Gasteiger partial charge in [0.2, 0.25) is 5.82 Å². The fourth-order valence-corrected chi connectivity index (χ4v) is 6.23. The number of aromatic nitrogens is 6. The Kier molecular flexibility index (Phi) is 8.22. The van der Waals surface area contributed by atoms with Crippen molar-refractivity contribution in [2.45, 2.75) is 31.5 Å². The molecule has 0 amide bonds. The molecule has 13 heteroatoms. The average Bonchev–Trinajstić information content (AvgIpc) is 3.48. The van der Waals surface area contributed by atoms with E-state index in [-0.39, 0.29) is 11.6 Å². The zero-order valence-electron chi connectivity index (χ0n) is 25.8. The van der Waals surface area contributed by atoms with E-state index in [1.54, 1.807) is 6.20 Å². The maximum Gasteiger partial charge on any atom is 0.371 e. The van der Waals surface area contributed by atoms with Crippen LogP contribution in [0, 0.1) is 11.3 Å². The summed E-state index contributed by atoms with van der Waals surface area (Å²) in [6.45, 7) is 1.95. The van der Waals surface area contributed by atoms with Crippen LogP contribution in [-0.4, -0.2) is 74.9 Å². The van der Waals surface area contributed by atoms with Crippen molar-refractivity contribution in [2.75, 3.05) is 23.7 Å². The molecule has 0 radical (unpaired) electrons. The number of nitrogens with zero attached hydrogens (tertiary/aromatic N) is 9. The van der Waals surface area contributed by atoms with Gasteiger partial charge < -0.3 is 21.1 Å². The fraction of sp³-hybridized carbons (Fsp3) is 0.200. The number of nitrogen functional groups attached to an aromatic ring is 1. The van der Waals surface area contributed by atoms with Gasteiger partial charge in [0.1, 0.15) is 23.2 Å². The van der Waals surface area contributed by atoms with Crippen LogP contribution in [0.15, 0.2) is 97.3 Å². The van der Waals surface area contributed by atoms with E-state index >= 15 is 0 Å². The highest BCUT2D eigenvalue weighted by atomic mass is 16.7. The van der Waals surface area contributed by atoms with Crippen LogP contribution in [0.5, 0.6) is 0 Å². The van der Waals surface area contributed by atoms with Crippen LogP contribution < -0.4 is 10.6 Å². The highest BCUT2D eigenvalue weighted by Crippen LogP contribution is 2.32. The van der Waals surface area contributed by atoms with E-state index < -0.39 is 12.1 Å². The molecular formula is C35H32N10O3. The maximum atomic E-state index is 10.2. The second kappa shape index (κ2) is 12.8. The highest BCUT2D eigenvalue weighted by molar-refractivity contribution is 5.84. The summed E-state index contributed by atoms with van der Waals surface area (Å²) in [7, 11) is 0. The van der Waals surface area contributed by atoms with E-state index in [0.29, 0.717) is 55.3 Å². The summed E-state index contributed by atoms with van der Waals surface area (Å²) in [5.74, 6) is 0.954. The zero-order valence-corrected chi connectivity index (χ0v) is 25.8. The first-order valence-corrected chi connectivity index (χ1v) is 15.5. The van der Waals surface area contributed by atoms with E-state index in [1.807, 2.05) is 77.4 Å². The first-order valence-electron chi connectivity index (χ1n) is 15.5. The van der Waals surface area contributed by atoms with Crippen LogP contribution in [0.3, 0.4) is 0 Å². The average molecular weight is 641 g/mol. The molecule has 13 nitrogen and oxygen atoms in total. The third-order valence-electron chi connectivity index (χ3n) is 8.49. The summed E-state index contributed by atoms with van der Waals surface area (Å²) < 4.78 is 2.01. The third-order valence-corrected chi connectivity index (χ3v) is 8.49. The van der Waals surface area contributed by atoms with Gasteiger partial charge in [0.25, 0.3) is 0 Å². The number of aliphatic hydroxyl groups is 3. The lowest BCUT2D eigenvalue weighted by Gasteiger charge is -2.42. The molecule has 48 heavy (non-hydrogen) atoms. The van der Waals surface area contributed by atoms with Gasteiger partial charge in [-0.1, -0.05) is 42.5 Å². The SMILES string of the molecule is N#Cc1nccc(N(C2CCN(Cc3ccc(-n4c(-c5cccnc5N)nc5ccc(-c6ccccc6)nc54)cc3)CC2)C(O)(O)O)n1. The number of benzene rings is 2. The Morgan fingerprint density at radius 3 is 2.33 bits per heavy atom. The van der Waals surface area contributed by atoms with Crippen molar-refractivity contribution in [2.24, 2.45) is 0 Å². The Morgan fingerprint density at radius 1 is 0.854 bits per heavy atom. The Hall–Kier alpha value is -5.78. The molecule has 0 atom stereocenters. The second-order valence-corrected chi connectivity index (χ2v) is 11.6. The topological polar surface area (TPSA) is 186 Å². The standard InChI is InChI=1S/C35H32N10O3/c36-21-30-38-18-14-31(42-30)45(35(46,47)48)26-15-19-43(20-16-26)22-23-8-10-25(11-9-23)44-33(27-7-4-17-39-32(27)37)41-29-13-12-28(40-34(29)44)24-5-2-1-3-6-24/h1-14,17-18,26,46-48H,15-16,19-20,22H2,(H2,37,39). The minimum Gasteiger partial charge on any atom is -0.383 e. The largest absolute Gasteiger partial charge is 0.383 e. The molecule has 5 N–H and O–H groups in total. The van der Waals surface area contributed by atoms with Gasteiger partial charge in [0, 0.05) is 49.3 Å². The molecule has 1 fully saturated rings. The van der Waals surface area contributed by atoms with Gasteiger partial charge >= 0.3 is 6.10 Å². The number of pyridine rings is 2. The van der Waals surface area contributed by atoms with Crippen molar-refractivity contribution < 1.29 is 15.3 Å². The van der Waals surface area contributed by atoms with E-state index in [9.17, 15) is 20.6 Å². The first kappa shape index (κ1) is 30.9. The number of piperidine rings is 1. The quantitative estimate of drug-likeness (QED) is 0.178. The molecule has 6 aromatic rings. The normalized spacial score (nSPS) is 14.2. The van der Waals surface area contributed by atoms with E-state index in [0.717, 1.165) is 32.9 Å². The number of hydrogen-bond donors (Lipinski definition) is 4. The van der Waals surface area contributed by atoms with Gasteiger partial charge in [-0.3, -0.25) is 14.4 Å². The van der Waals surface area contributed by atoms with Crippen LogP contribution in [0.25, 0.3) is 39.5 Å². The van der Waals surface area contributed by atoms with Crippen molar-refractivity contribution in [1.82, 2.24) is 34.4 Å². The summed E-state index contributed by atoms with van der Waals surface area (Å²) >= 11 is 0. The highest BCUT2D eigenvalue weighted by Gasteiger charge is 2.38. The van der Waals surface area contributed by atoms with Crippen LogP contribution in [-0.2, 0) is 6.54 Å². The summed E-state index contributed by atoms with van der Waals surface area (Å²) in [5, 5.41) is 39.7. The first-order chi connectivity index (χ1) is 23.3. The lowest BCUT2D eigenvalue weighted by molar-refractivity contribution is -0.314. The van der Waals surface area contributed by atoms with Crippen LogP contribution >= 0.6 is 0 Å². The molecule has 5 heterocycles. The molecule has 0 bridgehead atoms. The maximum absolute atomic E-state index is 10.2. The molecule has 1 aliphatic rings. The van der Waals surface area contributed by atoms with Crippen molar-refractivity contribution in [3.05, 3.63) is 109 Å². The summed E-state index contributed by atoms with van der Waals surface area (Å²) in [4.78, 5) is 25.4. The molecule has 0 spiro atoms. The van der Waals surface area contributed by atoms with Gasteiger partial charge in [0.15, 0.2) is 11.5 Å². The molecule has 0 saturated carbocycles. The minimum absolute atomic E-state index is 0.0629. The molecule has 240 valence electrons. The monoisotopic (exact) mass is 640 g/mol. The Bertz CT molecular complexity index is 2100. The second-order valence-electron chi connectivity index (χ2n) is 11.6. The van der Waals surface area contributed by atoms with E-state index in [4.69, 9.17) is 15.7 Å². The molecule has 0 aliphatic carbocycles. The van der Waals surface area contributed by atoms with Crippen molar-refractivity contribution in [1.29, 1.82) is 5.26 Å². The van der Waals surface area contributed by atoms with Gasteiger partial charge in [-0.15, -0.1) is 0 Å². The summed E-state index contributed by atoms with van der Waals surface area (Å²) in [5.41, 5.74) is 12.3. The Balaban J connectivity index is 1.13. The molecule has 2 aromatic carbocycles. The lowest BCUT2D eigenvalue weighted by atomic mass is 10.0. The molecular weight excluding hydrogens is 608 g/mol. The summed E-state index contributed by atoms with van der Waals surface area (Å²) in [6.07, 6.45) is 0.912. The molecule has 4 aromatic heterocycles. The van der Waals surface area contributed by atoms with Crippen LogP contribution in [0.2, 0.25) is 0 Å². The Labute approximate surface area is 275 Å². The smallest absolute Gasteiger partial charge is 0.371 e. The number of fused-ring (bicyclic) bond motifs is 1. The fourth-order valence-electron chi connectivity index (χ4n) is 6.23. The van der Waals surface area contributed by atoms with Crippen molar-refractivity contribution in [3.63, 3.8) is 0 Å². The van der Waals surface area contributed by atoms with Gasteiger partial charge in [-0.05, 0) is 60.9 Å². The number of imidazole rings is 1. The number of nitriles is 1. The number of nitrogens with two attached hydrogens (primary N) is 1. The van der Waals surface area contributed by atoms with Crippen molar-refractivity contribution >= 4 is 22.8 Å². The van der Waals surface area contributed by atoms with Crippen LogP contribution in [0.4, 0.5) is 11.6 Å². The summed E-state index contributed by atoms with van der Waals surface area (Å²) in [6, 6.07) is 28.7. The van der Waals surface area contributed by atoms with Gasteiger partial charge in [-0.2, -0.15) is 5.26 Å². The predicted molar refractivity (Wildman–Crippen MR) is 179 cm³/mol. The molecule has 0 unspecified atom stereocenters. The molecule has 1 aliphatic heterocycles. The Morgan fingerprint density at radius 2 is 1.62 bits per heavy atom. The number of rotatable bonds is 8. The van der Waals surface area contributed by atoms with Crippen molar-refractivity contribution in [3.8, 4) is 34.4 Å². The third kappa shape index (κ3) is 6.16. The van der Waals surface area contributed by atoms with Crippen LogP contribution in [0.1, 0.15) is 24.2 Å². The predicted octanol–water partition coefficient (Wildman–Crippen LogP) is 3.45. The molecule has 1 saturated heterocycles. The molecule has 7 rings (SSSR count). The van der Waals surface area contributed by atoms with Gasteiger partial charge in [-0.25, -0.2) is 24.9 Å². The van der Waals surface area contributed by atoms with E-state index in [1.165, 1.54) is 12.3 Å². The zero-order chi connectivity index (χ0) is 33.3. The number of hydrogen-bond acceptors (Lipinski definition) is 12. The van der Waals surface area contributed by atoms with E-state index in [2.05, 4.69) is 32.0 Å². The number of anilines is 2. The minimum atomic E-state index is -3.14. The van der Waals surface area contributed by atoms with Gasteiger partial charge in [0.05, 0.1) is 11.3 Å². The number of likely N-dealkylation sites (tertiary alicyclic amines) is 1.